The summed E-state index contributed by atoms with van der Waals surface area (Å²) in [5.74, 6) is 0.434. The van der Waals surface area contributed by atoms with Gasteiger partial charge in [-0.2, -0.15) is 13.2 Å². The summed E-state index contributed by atoms with van der Waals surface area (Å²) in [5, 5.41) is 10.1. The summed E-state index contributed by atoms with van der Waals surface area (Å²) in [6, 6.07) is 4.90. The second-order valence-electron chi connectivity index (χ2n) is 5.51. The van der Waals surface area contributed by atoms with Gasteiger partial charge in [-0.25, -0.2) is 0 Å². The van der Waals surface area contributed by atoms with Crippen LogP contribution < -0.4 is 0 Å². The molecule has 2 unspecified atom stereocenters. The molecule has 1 N–H and O–H groups in total. The van der Waals surface area contributed by atoms with Crippen LogP contribution in [0.15, 0.2) is 24.3 Å². The van der Waals surface area contributed by atoms with E-state index in [0.717, 1.165) is 31.6 Å². The highest BCUT2D eigenvalue weighted by Crippen LogP contribution is 2.31. The van der Waals surface area contributed by atoms with Gasteiger partial charge >= 0.3 is 6.18 Å². The number of alkyl halides is 3. The molecule has 1 aromatic carbocycles. The monoisotopic (exact) mass is 303 g/mol. The van der Waals surface area contributed by atoms with Gasteiger partial charge in [0.15, 0.2) is 0 Å². The van der Waals surface area contributed by atoms with Crippen molar-refractivity contribution in [3.8, 4) is 0 Å². The zero-order valence-electron chi connectivity index (χ0n) is 11.9. The first-order chi connectivity index (χ1) is 9.90. The minimum Gasteiger partial charge on any atom is -0.387 e. The van der Waals surface area contributed by atoms with E-state index in [2.05, 4.69) is 4.90 Å². The number of hydrogen-bond acceptors (Lipinski definition) is 3. The molecule has 2 rings (SSSR count). The highest BCUT2D eigenvalue weighted by Gasteiger charge is 2.31. The van der Waals surface area contributed by atoms with Gasteiger partial charge in [-0.15, -0.1) is 0 Å². The summed E-state index contributed by atoms with van der Waals surface area (Å²) in [7, 11) is 1.65. The lowest BCUT2D eigenvalue weighted by molar-refractivity contribution is -0.137. The first-order valence-electron chi connectivity index (χ1n) is 6.96. The van der Waals surface area contributed by atoms with Crippen molar-refractivity contribution in [2.24, 2.45) is 5.92 Å². The number of β-amino-alcohol motifs (C(OH)–C–C–N with tert-alkyl or cyclic N) is 1. The fourth-order valence-corrected chi connectivity index (χ4v) is 2.72. The number of benzene rings is 1. The Labute approximate surface area is 122 Å². The molecular formula is C15H20F3NO2. The fraction of sp³-hybridized carbons (Fsp3) is 0.600. The molecule has 3 nitrogen and oxygen atoms in total. The summed E-state index contributed by atoms with van der Waals surface area (Å²) in [4.78, 5) is 2.06. The molecule has 0 bridgehead atoms. The van der Waals surface area contributed by atoms with E-state index in [1.807, 2.05) is 0 Å². The Kier molecular flexibility index (Phi) is 5.24. The van der Waals surface area contributed by atoms with Crippen LogP contribution in [0.1, 0.15) is 23.7 Å². The van der Waals surface area contributed by atoms with Crippen molar-refractivity contribution in [1.29, 1.82) is 0 Å². The van der Waals surface area contributed by atoms with Crippen LogP contribution >= 0.6 is 0 Å². The van der Waals surface area contributed by atoms with Crippen LogP contribution in [0.4, 0.5) is 13.2 Å². The quantitative estimate of drug-likeness (QED) is 0.908. The molecule has 1 aliphatic heterocycles. The molecule has 0 saturated carbocycles. The maximum atomic E-state index is 12.7. The largest absolute Gasteiger partial charge is 0.416 e. The number of rotatable bonds is 5. The molecule has 1 heterocycles. The topological polar surface area (TPSA) is 32.7 Å². The molecule has 1 aliphatic rings. The third-order valence-electron chi connectivity index (χ3n) is 3.80. The minimum absolute atomic E-state index is 0.306. The van der Waals surface area contributed by atoms with Gasteiger partial charge in [-0.1, -0.05) is 12.1 Å². The minimum atomic E-state index is -4.38. The number of ether oxygens (including phenoxy) is 1. The number of hydrogen-bond donors (Lipinski definition) is 1. The molecule has 0 amide bonds. The van der Waals surface area contributed by atoms with E-state index < -0.39 is 17.8 Å². The van der Waals surface area contributed by atoms with E-state index in [4.69, 9.17) is 4.74 Å². The molecule has 0 spiro atoms. The summed E-state index contributed by atoms with van der Waals surface area (Å²) in [5.41, 5.74) is -0.419. The maximum Gasteiger partial charge on any atom is 0.416 e. The third kappa shape index (κ3) is 4.43. The first-order valence-corrected chi connectivity index (χ1v) is 6.96. The van der Waals surface area contributed by atoms with Crippen LogP contribution in [-0.2, 0) is 10.9 Å². The molecule has 0 aliphatic carbocycles. The van der Waals surface area contributed by atoms with Crippen molar-refractivity contribution in [1.82, 2.24) is 4.90 Å². The van der Waals surface area contributed by atoms with E-state index in [1.54, 1.807) is 7.11 Å². The average Bonchev–Trinajstić information content (AvgIpc) is 2.86. The second kappa shape index (κ2) is 6.77. The van der Waals surface area contributed by atoms with Gasteiger partial charge < -0.3 is 14.7 Å². The predicted molar refractivity (Wildman–Crippen MR) is 72.8 cm³/mol. The van der Waals surface area contributed by atoms with Crippen LogP contribution in [0.5, 0.6) is 0 Å². The Hall–Kier alpha value is -1.11. The highest BCUT2D eigenvalue weighted by atomic mass is 19.4. The average molecular weight is 303 g/mol. The summed E-state index contributed by atoms with van der Waals surface area (Å²) >= 11 is 0. The van der Waals surface area contributed by atoms with Gasteiger partial charge in [0.2, 0.25) is 0 Å². The Balaban J connectivity index is 1.96. The van der Waals surface area contributed by atoms with Crippen LogP contribution in [0.3, 0.4) is 0 Å². The Morgan fingerprint density at radius 2 is 2.19 bits per heavy atom. The normalized spacial score (nSPS) is 21.7. The Morgan fingerprint density at radius 3 is 2.86 bits per heavy atom. The zero-order chi connectivity index (χ0) is 15.5. The molecule has 2 atom stereocenters. The zero-order valence-corrected chi connectivity index (χ0v) is 11.9. The number of halogens is 3. The van der Waals surface area contributed by atoms with E-state index >= 15 is 0 Å². The van der Waals surface area contributed by atoms with E-state index in [1.165, 1.54) is 12.1 Å². The van der Waals surface area contributed by atoms with Crippen LogP contribution in [0, 0.1) is 5.92 Å². The van der Waals surface area contributed by atoms with Crippen molar-refractivity contribution in [3.05, 3.63) is 35.4 Å². The van der Waals surface area contributed by atoms with Gasteiger partial charge in [0.1, 0.15) is 0 Å². The van der Waals surface area contributed by atoms with Gasteiger partial charge in [0.25, 0.3) is 0 Å². The number of aliphatic hydroxyl groups is 1. The van der Waals surface area contributed by atoms with Gasteiger partial charge in [-0.05, 0) is 36.6 Å². The summed E-state index contributed by atoms with van der Waals surface area (Å²) < 4.78 is 43.1. The van der Waals surface area contributed by atoms with Crippen molar-refractivity contribution in [2.75, 3.05) is 33.4 Å². The highest BCUT2D eigenvalue weighted by molar-refractivity contribution is 5.27. The Bertz CT molecular complexity index is 464. The molecule has 1 aromatic rings. The lowest BCUT2D eigenvalue weighted by atomic mass is 10.1. The Morgan fingerprint density at radius 1 is 1.43 bits per heavy atom. The lowest BCUT2D eigenvalue weighted by Gasteiger charge is -2.21. The van der Waals surface area contributed by atoms with Crippen LogP contribution in [-0.4, -0.2) is 43.4 Å². The van der Waals surface area contributed by atoms with Gasteiger partial charge in [0.05, 0.1) is 18.3 Å². The molecular weight excluding hydrogens is 283 g/mol. The predicted octanol–water partition coefficient (Wildman–Crippen LogP) is 2.71. The standard InChI is InChI=1S/C15H20F3NO2/c1-21-10-11-5-6-19(8-11)9-14(20)12-3-2-4-13(7-12)15(16,17)18/h2-4,7,11,14,20H,5-6,8-10H2,1H3. The first kappa shape index (κ1) is 16.3. The third-order valence-corrected chi connectivity index (χ3v) is 3.80. The second-order valence-corrected chi connectivity index (χ2v) is 5.51. The smallest absolute Gasteiger partial charge is 0.387 e. The van der Waals surface area contributed by atoms with E-state index in [0.29, 0.717) is 24.6 Å². The van der Waals surface area contributed by atoms with Gasteiger partial charge in [0, 0.05) is 20.2 Å². The van der Waals surface area contributed by atoms with Crippen LogP contribution in [0.25, 0.3) is 0 Å². The van der Waals surface area contributed by atoms with Crippen molar-refractivity contribution in [3.63, 3.8) is 0 Å². The molecule has 0 aromatic heterocycles. The number of methoxy groups -OCH3 is 1. The number of likely N-dealkylation sites (tertiary alicyclic amines) is 1. The SMILES string of the molecule is COCC1CCN(CC(O)c2cccc(C(F)(F)F)c2)C1. The number of aliphatic hydroxyl groups excluding tert-OH is 1. The van der Waals surface area contributed by atoms with Crippen LogP contribution in [0.2, 0.25) is 0 Å². The molecule has 118 valence electrons. The van der Waals surface area contributed by atoms with Gasteiger partial charge in [-0.3, -0.25) is 0 Å². The molecule has 0 radical (unpaired) electrons. The molecule has 6 heteroatoms. The molecule has 1 fully saturated rings. The molecule has 1 saturated heterocycles. The van der Waals surface area contributed by atoms with E-state index in [9.17, 15) is 18.3 Å². The van der Waals surface area contributed by atoms with E-state index in [-0.39, 0.29) is 0 Å². The van der Waals surface area contributed by atoms with Crippen molar-refractivity contribution in [2.45, 2.75) is 18.7 Å². The van der Waals surface area contributed by atoms with Crippen molar-refractivity contribution >= 4 is 0 Å². The summed E-state index contributed by atoms with van der Waals surface area (Å²) in [6.45, 7) is 2.67. The maximum absolute atomic E-state index is 12.7. The lowest BCUT2D eigenvalue weighted by Crippen LogP contribution is -2.27. The summed E-state index contributed by atoms with van der Waals surface area (Å²) in [6.07, 6.45) is -4.30. The molecule has 21 heavy (non-hydrogen) atoms. The van der Waals surface area contributed by atoms with Crippen molar-refractivity contribution < 1.29 is 23.0 Å². The fourth-order valence-electron chi connectivity index (χ4n) is 2.72. The number of nitrogens with zero attached hydrogens (tertiary/aromatic N) is 1.